The first-order valence-electron chi connectivity index (χ1n) is 15.9. The largest absolute Gasteiger partial charge is 0.493 e. The molecule has 3 N–H and O–H groups in total. The van der Waals surface area contributed by atoms with Gasteiger partial charge >= 0.3 is 12.0 Å². The highest BCUT2D eigenvalue weighted by Gasteiger charge is 2.32. The Morgan fingerprint density at radius 2 is 1.72 bits per heavy atom. The molecule has 4 aromatic rings. The molecule has 0 aliphatic carbocycles. The number of nitrogens with zero attached hydrogens (tertiary/aromatic N) is 1. The zero-order chi connectivity index (χ0) is 35.6. The number of rotatable bonds is 14. The van der Waals surface area contributed by atoms with Crippen LogP contribution in [-0.4, -0.2) is 51.1 Å². The predicted octanol–water partition coefficient (Wildman–Crippen LogP) is 6.20. The Bertz CT molecular complexity index is 1960. The highest BCUT2D eigenvalue weighted by atomic mass is 35.5. The molecule has 0 aromatic heterocycles. The first kappa shape index (κ1) is 35.6. The molecule has 5 rings (SSSR count). The van der Waals surface area contributed by atoms with E-state index in [1.165, 1.54) is 13.3 Å². The fraction of sp³-hybridized carbons (Fsp3) is 0.243. The molecule has 3 amide bonds. The van der Waals surface area contributed by atoms with Gasteiger partial charge in [-0.2, -0.15) is 5.10 Å². The fourth-order valence-electron chi connectivity index (χ4n) is 5.31. The normalized spacial score (nSPS) is 14.2. The van der Waals surface area contributed by atoms with Gasteiger partial charge in [0.1, 0.15) is 6.61 Å². The lowest BCUT2D eigenvalue weighted by atomic mass is 9.95. The molecule has 260 valence electrons. The van der Waals surface area contributed by atoms with Crippen molar-refractivity contribution in [2.75, 3.05) is 26.9 Å². The Labute approximate surface area is 294 Å². The smallest absolute Gasteiger partial charge is 0.338 e. The average Bonchev–Trinajstić information content (AvgIpc) is 3.10. The summed E-state index contributed by atoms with van der Waals surface area (Å²) in [5.41, 5.74) is 5.18. The van der Waals surface area contributed by atoms with Crippen molar-refractivity contribution in [1.29, 1.82) is 0 Å². The molecular formula is C37H37ClN4O8. The second-order valence-corrected chi connectivity index (χ2v) is 11.4. The Morgan fingerprint density at radius 1 is 0.920 bits per heavy atom. The van der Waals surface area contributed by atoms with Crippen LogP contribution < -0.4 is 35.0 Å². The van der Waals surface area contributed by atoms with Crippen molar-refractivity contribution in [3.8, 4) is 23.0 Å². The van der Waals surface area contributed by atoms with Crippen LogP contribution in [0.15, 0.2) is 89.2 Å². The van der Waals surface area contributed by atoms with Crippen molar-refractivity contribution in [1.82, 2.24) is 16.1 Å². The topological polar surface area (TPSA) is 146 Å². The molecule has 0 saturated heterocycles. The van der Waals surface area contributed by atoms with E-state index >= 15 is 0 Å². The Kier molecular flexibility index (Phi) is 11.8. The van der Waals surface area contributed by atoms with E-state index in [4.69, 9.17) is 35.3 Å². The number of allylic oxidation sites excluding steroid dienone is 1. The SMILES string of the molecule is CCOC(=O)C1=C(C)NC(=O)N[C@H]1c1ccc(OCC(=O)N/N=C\c2cc(Cl)c(OCc3ccc4ccccc4c3)c(OCC)c2)c(OC)c1. The summed E-state index contributed by atoms with van der Waals surface area (Å²) in [4.78, 5) is 37.5. The second-order valence-electron chi connectivity index (χ2n) is 11.0. The van der Waals surface area contributed by atoms with Crippen molar-refractivity contribution in [3.05, 3.63) is 106 Å². The zero-order valence-corrected chi connectivity index (χ0v) is 28.8. The van der Waals surface area contributed by atoms with Crippen LogP contribution in [-0.2, 0) is 20.9 Å². The van der Waals surface area contributed by atoms with Crippen LogP contribution in [0.3, 0.4) is 0 Å². The third-order valence-electron chi connectivity index (χ3n) is 7.58. The maximum absolute atomic E-state index is 12.7. The highest BCUT2D eigenvalue weighted by Crippen LogP contribution is 2.37. The molecule has 0 bridgehead atoms. The number of fused-ring (bicyclic) bond motifs is 1. The minimum absolute atomic E-state index is 0.176. The molecule has 0 spiro atoms. The van der Waals surface area contributed by atoms with E-state index in [0.717, 1.165) is 16.3 Å². The second kappa shape index (κ2) is 16.6. The van der Waals surface area contributed by atoms with E-state index in [2.05, 4.69) is 33.3 Å². The van der Waals surface area contributed by atoms with Gasteiger partial charge < -0.3 is 34.3 Å². The lowest BCUT2D eigenvalue weighted by Crippen LogP contribution is -2.45. The van der Waals surface area contributed by atoms with Gasteiger partial charge in [-0.3, -0.25) is 4.79 Å². The molecule has 0 unspecified atom stereocenters. The molecule has 13 heteroatoms. The number of carbonyl (C=O) groups is 3. The van der Waals surface area contributed by atoms with Gasteiger partial charge in [0.15, 0.2) is 29.6 Å². The molecule has 4 aromatic carbocycles. The van der Waals surface area contributed by atoms with Crippen molar-refractivity contribution in [3.63, 3.8) is 0 Å². The van der Waals surface area contributed by atoms with Crippen molar-refractivity contribution < 1.29 is 38.1 Å². The number of hydrogen-bond acceptors (Lipinski definition) is 9. The standard InChI is InChI=1S/C37H37ClN4O8/c1-5-47-31-17-24(16-28(38)35(31)50-20-23-11-12-25-9-7-8-10-26(25)15-23)19-39-42-32(43)21-49-29-14-13-27(18-30(29)46-4)34-33(36(44)48-6-2)22(3)40-37(45)41-34/h7-19,34H,5-6,20-21H2,1-4H3,(H,42,43)(H2,40,41,45)/b39-19-/t34-/m0/s1. The van der Waals surface area contributed by atoms with Crippen molar-refractivity contribution in [2.24, 2.45) is 5.10 Å². The summed E-state index contributed by atoms with van der Waals surface area (Å²) in [6.07, 6.45) is 1.43. The molecule has 1 aliphatic heterocycles. The minimum atomic E-state index is -0.787. The maximum atomic E-state index is 12.7. The third kappa shape index (κ3) is 8.63. The number of benzene rings is 4. The van der Waals surface area contributed by atoms with Gasteiger partial charge in [0, 0.05) is 5.70 Å². The van der Waals surface area contributed by atoms with Crippen molar-refractivity contribution in [2.45, 2.75) is 33.4 Å². The number of halogens is 1. The number of hydrazone groups is 1. The molecule has 12 nitrogen and oxygen atoms in total. The fourth-order valence-corrected chi connectivity index (χ4v) is 5.58. The molecule has 1 aliphatic rings. The van der Waals surface area contributed by atoms with E-state index in [1.54, 1.807) is 44.2 Å². The number of amides is 3. The number of esters is 1. The van der Waals surface area contributed by atoms with Gasteiger partial charge in [0.2, 0.25) is 0 Å². The Hall–Kier alpha value is -5.75. The van der Waals surface area contributed by atoms with E-state index in [0.29, 0.717) is 46.6 Å². The highest BCUT2D eigenvalue weighted by molar-refractivity contribution is 6.32. The van der Waals surface area contributed by atoms with E-state index in [9.17, 15) is 14.4 Å². The van der Waals surface area contributed by atoms with Gasteiger partial charge in [-0.25, -0.2) is 15.0 Å². The minimum Gasteiger partial charge on any atom is -0.493 e. The van der Waals surface area contributed by atoms with Gasteiger partial charge in [-0.1, -0.05) is 54.1 Å². The lowest BCUT2D eigenvalue weighted by molar-refractivity contribution is -0.139. The third-order valence-corrected chi connectivity index (χ3v) is 7.86. The summed E-state index contributed by atoms with van der Waals surface area (Å²) >= 11 is 6.60. The first-order valence-corrected chi connectivity index (χ1v) is 16.2. The number of methoxy groups -OCH3 is 1. The van der Waals surface area contributed by atoms with Crippen LogP contribution >= 0.6 is 11.6 Å². The molecule has 1 atom stereocenters. The molecule has 0 fully saturated rings. The number of nitrogens with one attached hydrogen (secondary N) is 3. The van der Waals surface area contributed by atoms with Crippen LogP contribution in [0.25, 0.3) is 10.8 Å². The van der Waals surface area contributed by atoms with Crippen LogP contribution in [0.2, 0.25) is 5.02 Å². The molecule has 50 heavy (non-hydrogen) atoms. The quantitative estimate of drug-likeness (QED) is 0.0801. The number of ether oxygens (including phenoxy) is 5. The number of urea groups is 1. The van der Waals surface area contributed by atoms with Crippen molar-refractivity contribution >= 4 is 46.5 Å². The predicted molar refractivity (Wildman–Crippen MR) is 189 cm³/mol. The lowest BCUT2D eigenvalue weighted by Gasteiger charge is -2.28. The summed E-state index contributed by atoms with van der Waals surface area (Å²) in [5, 5.41) is 12.0. The van der Waals surface area contributed by atoms with Gasteiger partial charge in [0.25, 0.3) is 5.91 Å². The first-order chi connectivity index (χ1) is 24.2. The summed E-state index contributed by atoms with van der Waals surface area (Å²) in [6, 6.07) is 21.2. The van der Waals surface area contributed by atoms with Crippen LogP contribution in [0.5, 0.6) is 23.0 Å². The molecule has 0 saturated carbocycles. The van der Waals surface area contributed by atoms with E-state index < -0.39 is 23.9 Å². The monoisotopic (exact) mass is 700 g/mol. The van der Waals surface area contributed by atoms with E-state index in [1.807, 2.05) is 37.3 Å². The van der Waals surface area contributed by atoms with Crippen LogP contribution in [0.1, 0.15) is 43.5 Å². The number of carbonyl (C=O) groups excluding carboxylic acids is 3. The molecule has 1 heterocycles. The summed E-state index contributed by atoms with van der Waals surface area (Å²) in [6.45, 7) is 5.65. The summed E-state index contributed by atoms with van der Waals surface area (Å²) in [5.74, 6) is 0.303. The molecule has 0 radical (unpaired) electrons. The van der Waals surface area contributed by atoms with E-state index in [-0.39, 0.29) is 30.3 Å². The summed E-state index contributed by atoms with van der Waals surface area (Å²) in [7, 11) is 1.44. The molecular weight excluding hydrogens is 664 g/mol. The van der Waals surface area contributed by atoms with Crippen LogP contribution in [0.4, 0.5) is 4.79 Å². The number of hydrogen-bond donors (Lipinski definition) is 3. The summed E-state index contributed by atoms with van der Waals surface area (Å²) < 4.78 is 28.2. The van der Waals surface area contributed by atoms with Crippen LogP contribution in [0, 0.1) is 0 Å². The van der Waals surface area contributed by atoms with Gasteiger partial charge in [0.05, 0.1) is 43.2 Å². The Balaban J connectivity index is 1.20. The zero-order valence-electron chi connectivity index (χ0n) is 28.0. The Morgan fingerprint density at radius 3 is 2.48 bits per heavy atom. The maximum Gasteiger partial charge on any atom is 0.338 e. The van der Waals surface area contributed by atoms with Gasteiger partial charge in [-0.15, -0.1) is 0 Å². The average molecular weight is 701 g/mol. The van der Waals surface area contributed by atoms with Gasteiger partial charge in [-0.05, 0) is 78.6 Å².